The number of nitrogens with zero attached hydrogens (tertiary/aromatic N) is 2. The van der Waals surface area contributed by atoms with Gasteiger partial charge in [0.2, 0.25) is 0 Å². The first-order valence-corrected chi connectivity index (χ1v) is 8.36. The zero-order valence-electron chi connectivity index (χ0n) is 14.9. The van der Waals surface area contributed by atoms with Crippen molar-refractivity contribution in [2.75, 3.05) is 36.9 Å². The summed E-state index contributed by atoms with van der Waals surface area (Å²) >= 11 is 0. The number of benzene rings is 1. The van der Waals surface area contributed by atoms with Gasteiger partial charge in [-0.15, -0.1) is 0 Å². The van der Waals surface area contributed by atoms with Gasteiger partial charge < -0.3 is 30.6 Å². The quantitative estimate of drug-likeness (QED) is 0.409. The molecular formula is C17H16N4O8. The van der Waals surface area contributed by atoms with E-state index in [0.717, 1.165) is 6.07 Å². The second-order valence-electron chi connectivity index (χ2n) is 6.16. The van der Waals surface area contributed by atoms with Crippen LogP contribution in [0.5, 0.6) is 0 Å². The molecular weight excluding hydrogens is 388 g/mol. The predicted octanol–water partition coefficient (Wildman–Crippen LogP) is 0.765. The third kappa shape index (κ3) is 3.60. The van der Waals surface area contributed by atoms with Gasteiger partial charge in [0.1, 0.15) is 16.9 Å². The first-order valence-electron chi connectivity index (χ1n) is 8.36. The third-order valence-corrected chi connectivity index (χ3v) is 4.48. The number of ether oxygens (including phenoxy) is 1. The Balaban J connectivity index is 2.44. The lowest BCUT2D eigenvalue weighted by molar-refractivity contribution is -0.384. The number of nitro groups is 1. The van der Waals surface area contributed by atoms with E-state index in [2.05, 4.69) is 0 Å². The number of rotatable bonds is 5. The van der Waals surface area contributed by atoms with Crippen LogP contribution in [0.1, 0.15) is 20.7 Å². The Morgan fingerprint density at radius 3 is 2.34 bits per heavy atom. The van der Waals surface area contributed by atoms with E-state index in [1.807, 2.05) is 4.98 Å². The Kier molecular flexibility index (Phi) is 5.19. The minimum Gasteiger partial charge on any atom is -0.478 e. The number of H-pyrrole nitrogens is 1. The highest BCUT2D eigenvalue weighted by molar-refractivity contribution is 6.09. The monoisotopic (exact) mass is 404 g/mol. The number of aromatic nitrogens is 1. The summed E-state index contributed by atoms with van der Waals surface area (Å²) in [5, 5.41) is 30.5. The van der Waals surface area contributed by atoms with Gasteiger partial charge in [0, 0.05) is 42.0 Å². The molecule has 0 radical (unpaired) electrons. The molecule has 1 aliphatic rings. The molecule has 0 unspecified atom stereocenters. The van der Waals surface area contributed by atoms with Crippen LogP contribution >= 0.6 is 0 Å². The number of morpholine rings is 1. The number of nitrogens with two attached hydrogens (primary N) is 1. The minimum absolute atomic E-state index is 0.0892. The molecule has 0 amide bonds. The molecule has 0 spiro atoms. The molecule has 1 aromatic heterocycles. The zero-order chi connectivity index (χ0) is 21.3. The van der Waals surface area contributed by atoms with E-state index in [9.17, 15) is 34.7 Å². The molecule has 0 atom stereocenters. The van der Waals surface area contributed by atoms with Crippen LogP contribution in [0.25, 0.3) is 11.1 Å². The Hall–Kier alpha value is -3.93. The number of nitrogen functional groups attached to an aromatic ring is 1. The average Bonchev–Trinajstić information content (AvgIpc) is 2.66. The predicted molar refractivity (Wildman–Crippen MR) is 101 cm³/mol. The molecule has 3 rings (SSSR count). The molecule has 12 heteroatoms. The summed E-state index contributed by atoms with van der Waals surface area (Å²) < 4.78 is 5.28. The second-order valence-corrected chi connectivity index (χ2v) is 6.16. The number of hydrogen-bond donors (Lipinski definition) is 4. The van der Waals surface area contributed by atoms with Gasteiger partial charge in [-0.05, 0) is 6.07 Å². The minimum atomic E-state index is -1.69. The van der Waals surface area contributed by atoms with Gasteiger partial charge in [0.25, 0.3) is 11.2 Å². The lowest BCUT2D eigenvalue weighted by atomic mass is 9.93. The third-order valence-electron chi connectivity index (χ3n) is 4.48. The molecule has 12 nitrogen and oxygen atoms in total. The Labute approximate surface area is 162 Å². The highest BCUT2D eigenvalue weighted by Crippen LogP contribution is 2.38. The normalized spacial score (nSPS) is 13.9. The summed E-state index contributed by atoms with van der Waals surface area (Å²) in [7, 11) is 0. The van der Waals surface area contributed by atoms with Crippen LogP contribution in [-0.2, 0) is 4.74 Å². The zero-order valence-corrected chi connectivity index (χ0v) is 14.9. The number of anilines is 2. The smallest absolute Gasteiger partial charge is 0.342 e. The summed E-state index contributed by atoms with van der Waals surface area (Å²) in [5.74, 6) is -3.83. The molecule has 2 heterocycles. The standard InChI is InChI=1S/C17H16N4O8/c18-14-12(16(23)24)11(13(17(25)26)15(22)19-14)9-7-8(21(27)28)1-2-10(9)20-3-5-29-6-4-20/h1-2,7H,3-6H2,(H,23,24)(H,25,26)(H3,18,19,22). The van der Waals surface area contributed by atoms with Gasteiger partial charge in [0.15, 0.2) is 0 Å². The molecule has 0 saturated carbocycles. The number of non-ortho nitro benzene ring substituents is 1. The van der Waals surface area contributed by atoms with E-state index in [4.69, 9.17) is 10.5 Å². The Morgan fingerprint density at radius 2 is 1.79 bits per heavy atom. The second kappa shape index (κ2) is 7.59. The summed E-state index contributed by atoms with van der Waals surface area (Å²) in [6, 6.07) is 3.64. The van der Waals surface area contributed by atoms with Crippen molar-refractivity contribution in [3.63, 3.8) is 0 Å². The molecule has 1 aromatic carbocycles. The molecule has 1 fully saturated rings. The van der Waals surface area contributed by atoms with Crippen molar-refractivity contribution in [3.05, 3.63) is 49.8 Å². The number of carbonyl (C=O) groups is 2. The fourth-order valence-corrected chi connectivity index (χ4v) is 3.23. The molecule has 1 aliphatic heterocycles. The lowest BCUT2D eigenvalue weighted by Gasteiger charge is -2.31. The van der Waals surface area contributed by atoms with Crippen LogP contribution in [0.3, 0.4) is 0 Å². The van der Waals surface area contributed by atoms with Crippen LogP contribution in [0, 0.1) is 10.1 Å². The molecule has 0 aliphatic carbocycles. The van der Waals surface area contributed by atoms with Crippen molar-refractivity contribution in [2.24, 2.45) is 0 Å². The summed E-state index contributed by atoms with van der Waals surface area (Å²) in [6.07, 6.45) is 0. The molecule has 152 valence electrons. The number of nitrogens with one attached hydrogen (secondary N) is 1. The van der Waals surface area contributed by atoms with E-state index in [0.29, 0.717) is 32.0 Å². The van der Waals surface area contributed by atoms with E-state index in [-0.39, 0.29) is 5.56 Å². The Morgan fingerprint density at radius 1 is 1.17 bits per heavy atom. The molecule has 0 bridgehead atoms. The van der Waals surface area contributed by atoms with Gasteiger partial charge in [-0.25, -0.2) is 9.59 Å². The maximum atomic E-state index is 12.3. The number of hydrogen-bond acceptors (Lipinski definition) is 8. The summed E-state index contributed by atoms with van der Waals surface area (Å²) in [5.41, 5.74) is 2.37. The van der Waals surface area contributed by atoms with Gasteiger partial charge in [-0.1, -0.05) is 0 Å². The average molecular weight is 404 g/mol. The largest absolute Gasteiger partial charge is 0.478 e. The van der Waals surface area contributed by atoms with Crippen LogP contribution in [0.15, 0.2) is 23.0 Å². The van der Waals surface area contributed by atoms with Crippen molar-refractivity contribution in [3.8, 4) is 11.1 Å². The number of nitro benzene ring substituents is 1. The number of carboxylic acids is 2. The number of carboxylic acid groups (broad SMARTS) is 2. The van der Waals surface area contributed by atoms with Crippen LogP contribution in [0.4, 0.5) is 17.2 Å². The van der Waals surface area contributed by atoms with Gasteiger partial charge in [0.05, 0.1) is 18.1 Å². The highest BCUT2D eigenvalue weighted by atomic mass is 16.6. The fourth-order valence-electron chi connectivity index (χ4n) is 3.23. The summed E-state index contributed by atoms with van der Waals surface area (Å²) in [6.45, 7) is 1.47. The van der Waals surface area contributed by atoms with Crippen molar-refractivity contribution < 1.29 is 29.5 Å². The van der Waals surface area contributed by atoms with Gasteiger partial charge >= 0.3 is 11.9 Å². The van der Waals surface area contributed by atoms with Crippen molar-refractivity contribution in [1.82, 2.24) is 4.98 Å². The van der Waals surface area contributed by atoms with Gasteiger partial charge in [-0.3, -0.25) is 14.9 Å². The molecule has 5 N–H and O–H groups in total. The van der Waals surface area contributed by atoms with Crippen molar-refractivity contribution >= 4 is 29.1 Å². The number of pyridine rings is 1. The van der Waals surface area contributed by atoms with Crippen LogP contribution < -0.4 is 16.2 Å². The van der Waals surface area contributed by atoms with E-state index < -0.39 is 50.6 Å². The first kappa shape index (κ1) is 19.8. The molecule has 29 heavy (non-hydrogen) atoms. The Bertz CT molecular complexity index is 1070. The van der Waals surface area contributed by atoms with Crippen molar-refractivity contribution in [2.45, 2.75) is 0 Å². The fraction of sp³-hybridized carbons (Fsp3) is 0.235. The highest BCUT2D eigenvalue weighted by Gasteiger charge is 2.30. The van der Waals surface area contributed by atoms with E-state index in [1.54, 1.807) is 4.90 Å². The molecule has 2 aromatic rings. The van der Waals surface area contributed by atoms with Gasteiger partial charge in [-0.2, -0.15) is 0 Å². The first-order chi connectivity index (χ1) is 13.7. The van der Waals surface area contributed by atoms with Crippen LogP contribution in [-0.4, -0.2) is 58.4 Å². The number of aromatic amines is 1. The molecule has 1 saturated heterocycles. The SMILES string of the molecule is Nc1[nH]c(=O)c(C(=O)O)c(-c2cc([N+](=O)[O-])ccc2N2CCOCC2)c1C(=O)O. The van der Waals surface area contributed by atoms with E-state index in [1.165, 1.54) is 12.1 Å². The maximum absolute atomic E-state index is 12.3. The lowest BCUT2D eigenvalue weighted by Crippen LogP contribution is -2.36. The van der Waals surface area contributed by atoms with Crippen molar-refractivity contribution in [1.29, 1.82) is 0 Å². The summed E-state index contributed by atoms with van der Waals surface area (Å²) in [4.78, 5) is 50.3. The van der Waals surface area contributed by atoms with E-state index >= 15 is 0 Å². The topological polar surface area (TPSA) is 189 Å². The maximum Gasteiger partial charge on any atom is 0.342 e. The number of aromatic carboxylic acids is 2. The van der Waals surface area contributed by atoms with Crippen LogP contribution in [0.2, 0.25) is 0 Å².